The fraction of sp³-hybridized carbons (Fsp3) is 0.368. The minimum Gasteiger partial charge on any atom is -0.369 e. The van der Waals surface area contributed by atoms with Crippen LogP contribution in [0.25, 0.3) is 11.1 Å². The molecule has 128 valence electrons. The highest BCUT2D eigenvalue weighted by atomic mass is 35.5. The Bertz CT molecular complexity index is 893. The fourth-order valence-corrected chi connectivity index (χ4v) is 4.48. The normalized spacial score (nSPS) is 22.7. The van der Waals surface area contributed by atoms with Crippen LogP contribution >= 0.6 is 11.6 Å². The number of anilines is 2. The lowest BCUT2D eigenvalue weighted by molar-refractivity contribution is 0.252. The molecule has 3 heterocycles. The van der Waals surface area contributed by atoms with Crippen LogP contribution in [-0.2, 0) is 5.41 Å². The van der Waals surface area contributed by atoms with Crippen molar-refractivity contribution in [1.29, 1.82) is 0 Å². The fourth-order valence-electron chi connectivity index (χ4n) is 4.03. The summed E-state index contributed by atoms with van der Waals surface area (Å²) in [5, 5.41) is 7.06. The standard InChI is InChI=1S/C19H19ClN4O/c1-11-8-22-18(25)24(11)13-4-2-3-12(7-13)14-9-21-17-15(16(14)20)19(5-6-19)10-23-17/h2-4,7,9,11H,5-6,8,10H2,1H3,(H,21,23)(H,22,25)/t11-/m0/s1. The van der Waals surface area contributed by atoms with Gasteiger partial charge in [0.15, 0.2) is 0 Å². The lowest BCUT2D eigenvalue weighted by atomic mass is 9.96. The van der Waals surface area contributed by atoms with Gasteiger partial charge in [-0.25, -0.2) is 9.78 Å². The predicted octanol–water partition coefficient (Wildman–Crippen LogP) is 3.78. The van der Waals surface area contributed by atoms with Crippen LogP contribution in [0.2, 0.25) is 5.02 Å². The van der Waals surface area contributed by atoms with Crippen molar-refractivity contribution in [2.24, 2.45) is 0 Å². The molecule has 1 saturated heterocycles. The highest BCUT2D eigenvalue weighted by molar-refractivity contribution is 6.34. The third kappa shape index (κ3) is 2.15. The van der Waals surface area contributed by atoms with Crippen LogP contribution in [0, 0.1) is 0 Å². The van der Waals surface area contributed by atoms with Gasteiger partial charge in [0.2, 0.25) is 0 Å². The van der Waals surface area contributed by atoms with E-state index in [0.29, 0.717) is 6.54 Å². The van der Waals surface area contributed by atoms with Gasteiger partial charge in [0.25, 0.3) is 0 Å². The van der Waals surface area contributed by atoms with Gasteiger partial charge < -0.3 is 10.6 Å². The first-order valence-electron chi connectivity index (χ1n) is 8.69. The van der Waals surface area contributed by atoms with Crippen molar-refractivity contribution in [1.82, 2.24) is 10.3 Å². The molecule has 2 aromatic rings. The maximum atomic E-state index is 12.1. The number of carbonyl (C=O) groups is 1. The summed E-state index contributed by atoms with van der Waals surface area (Å²) in [6.07, 6.45) is 4.18. The maximum absolute atomic E-state index is 12.1. The summed E-state index contributed by atoms with van der Waals surface area (Å²) in [7, 11) is 0. The third-order valence-electron chi connectivity index (χ3n) is 5.64. The Kier molecular flexibility index (Phi) is 3.07. The average Bonchev–Trinajstić information content (AvgIpc) is 3.17. The number of hydrogen-bond donors (Lipinski definition) is 2. The summed E-state index contributed by atoms with van der Waals surface area (Å²) in [4.78, 5) is 18.5. The predicted molar refractivity (Wildman–Crippen MR) is 99.4 cm³/mol. The van der Waals surface area contributed by atoms with E-state index in [1.165, 1.54) is 18.4 Å². The molecule has 1 saturated carbocycles. The van der Waals surface area contributed by atoms with Crippen LogP contribution in [0.15, 0.2) is 30.5 Å². The number of carbonyl (C=O) groups excluding carboxylic acids is 1. The molecule has 1 aromatic heterocycles. The molecule has 5 rings (SSSR count). The molecule has 25 heavy (non-hydrogen) atoms. The van der Waals surface area contributed by atoms with Gasteiger partial charge in [-0.2, -0.15) is 0 Å². The summed E-state index contributed by atoms with van der Waals surface area (Å²) in [5.74, 6) is 0.926. The summed E-state index contributed by atoms with van der Waals surface area (Å²) >= 11 is 6.81. The summed E-state index contributed by atoms with van der Waals surface area (Å²) in [6.45, 7) is 3.64. The zero-order chi connectivity index (χ0) is 17.2. The Morgan fingerprint density at radius 1 is 1.32 bits per heavy atom. The molecule has 2 fully saturated rings. The van der Waals surface area contributed by atoms with Crippen LogP contribution in [0.5, 0.6) is 0 Å². The average molecular weight is 355 g/mol. The van der Waals surface area contributed by atoms with Gasteiger partial charge in [-0.3, -0.25) is 4.90 Å². The lowest BCUT2D eigenvalue weighted by Crippen LogP contribution is -2.32. The van der Waals surface area contributed by atoms with E-state index in [1.807, 2.05) is 37.4 Å². The minimum absolute atomic E-state index is 0.0519. The van der Waals surface area contributed by atoms with Gasteiger partial charge in [-0.15, -0.1) is 0 Å². The molecule has 2 amide bonds. The molecule has 1 aromatic carbocycles. The molecular weight excluding hydrogens is 336 g/mol. The Labute approximate surface area is 151 Å². The quantitative estimate of drug-likeness (QED) is 0.863. The van der Waals surface area contributed by atoms with E-state index in [0.717, 1.165) is 34.2 Å². The van der Waals surface area contributed by atoms with Gasteiger partial charge in [0.1, 0.15) is 5.82 Å². The van der Waals surface area contributed by atoms with E-state index >= 15 is 0 Å². The third-order valence-corrected chi connectivity index (χ3v) is 6.03. The van der Waals surface area contributed by atoms with E-state index in [-0.39, 0.29) is 17.5 Å². The van der Waals surface area contributed by atoms with Crippen molar-refractivity contribution in [3.8, 4) is 11.1 Å². The molecule has 2 aliphatic heterocycles. The number of pyridine rings is 1. The molecule has 1 atom stereocenters. The van der Waals surface area contributed by atoms with Crippen molar-refractivity contribution in [2.45, 2.75) is 31.2 Å². The zero-order valence-electron chi connectivity index (χ0n) is 14.0. The molecule has 0 radical (unpaired) electrons. The summed E-state index contributed by atoms with van der Waals surface area (Å²) in [6, 6.07) is 8.07. The van der Waals surface area contributed by atoms with Crippen LogP contribution in [-0.4, -0.2) is 30.1 Å². The van der Waals surface area contributed by atoms with E-state index in [9.17, 15) is 4.79 Å². The molecule has 1 aliphatic carbocycles. The van der Waals surface area contributed by atoms with Crippen LogP contribution in [0.1, 0.15) is 25.3 Å². The first kappa shape index (κ1) is 15.0. The van der Waals surface area contributed by atoms with Crippen molar-refractivity contribution in [2.75, 3.05) is 23.3 Å². The second kappa shape index (κ2) is 5.11. The van der Waals surface area contributed by atoms with Gasteiger partial charge >= 0.3 is 6.03 Å². The van der Waals surface area contributed by atoms with E-state index < -0.39 is 0 Å². The molecule has 2 N–H and O–H groups in total. The van der Waals surface area contributed by atoms with Gasteiger partial charge in [0.05, 0.1) is 11.1 Å². The molecular formula is C19H19ClN4O. The Hall–Kier alpha value is -2.27. The number of nitrogens with zero attached hydrogens (tertiary/aromatic N) is 2. The lowest BCUT2D eigenvalue weighted by Gasteiger charge is -2.21. The number of benzene rings is 1. The zero-order valence-corrected chi connectivity index (χ0v) is 14.7. The van der Waals surface area contributed by atoms with E-state index in [2.05, 4.69) is 15.6 Å². The highest BCUT2D eigenvalue weighted by Gasteiger charge is 2.51. The number of aromatic nitrogens is 1. The summed E-state index contributed by atoms with van der Waals surface area (Å²) < 4.78 is 0. The topological polar surface area (TPSA) is 57.3 Å². The minimum atomic E-state index is -0.0519. The maximum Gasteiger partial charge on any atom is 0.322 e. The Morgan fingerprint density at radius 2 is 2.16 bits per heavy atom. The SMILES string of the molecule is C[C@H]1CNC(=O)N1c1cccc(-c2cnc3c(c2Cl)C2(CC2)CN3)c1. The van der Waals surface area contributed by atoms with Crippen LogP contribution in [0.4, 0.5) is 16.3 Å². The molecule has 0 bridgehead atoms. The van der Waals surface area contributed by atoms with Crippen molar-refractivity contribution in [3.63, 3.8) is 0 Å². The van der Waals surface area contributed by atoms with Crippen LogP contribution < -0.4 is 15.5 Å². The second-order valence-corrected chi connectivity index (χ2v) is 7.68. The Balaban J connectivity index is 1.59. The largest absolute Gasteiger partial charge is 0.369 e. The second-order valence-electron chi connectivity index (χ2n) is 7.30. The first-order valence-corrected chi connectivity index (χ1v) is 9.07. The number of rotatable bonds is 2. The van der Waals surface area contributed by atoms with Crippen molar-refractivity contribution in [3.05, 3.63) is 41.0 Å². The van der Waals surface area contributed by atoms with Gasteiger partial charge in [-0.05, 0) is 37.5 Å². The molecule has 1 spiro atoms. The number of hydrogen-bond acceptors (Lipinski definition) is 3. The first-order chi connectivity index (χ1) is 12.1. The summed E-state index contributed by atoms with van der Waals surface area (Å²) in [5.41, 5.74) is 4.17. The number of halogens is 1. The number of amides is 2. The monoisotopic (exact) mass is 354 g/mol. The number of fused-ring (bicyclic) bond motifs is 2. The number of urea groups is 1. The molecule has 3 aliphatic rings. The van der Waals surface area contributed by atoms with Crippen LogP contribution in [0.3, 0.4) is 0 Å². The van der Waals surface area contributed by atoms with Crippen molar-refractivity contribution < 1.29 is 4.79 Å². The Morgan fingerprint density at radius 3 is 2.88 bits per heavy atom. The van der Waals surface area contributed by atoms with E-state index in [1.54, 1.807) is 4.90 Å². The van der Waals surface area contributed by atoms with Gasteiger partial charge in [-0.1, -0.05) is 23.7 Å². The van der Waals surface area contributed by atoms with E-state index in [4.69, 9.17) is 11.6 Å². The molecule has 5 nitrogen and oxygen atoms in total. The van der Waals surface area contributed by atoms with Crippen molar-refractivity contribution >= 4 is 29.1 Å². The smallest absolute Gasteiger partial charge is 0.322 e. The molecule has 6 heteroatoms. The highest BCUT2D eigenvalue weighted by Crippen LogP contribution is 2.57. The number of nitrogens with one attached hydrogen (secondary N) is 2. The van der Waals surface area contributed by atoms with Gasteiger partial charge in [0, 0.05) is 41.5 Å². The molecule has 0 unspecified atom stereocenters.